The summed E-state index contributed by atoms with van der Waals surface area (Å²) in [6.45, 7) is 4.35. The van der Waals surface area contributed by atoms with Crippen molar-refractivity contribution in [2.45, 2.75) is 25.3 Å². The second kappa shape index (κ2) is 3.61. The molecule has 1 atom stereocenters. The molecule has 1 fully saturated rings. The van der Waals surface area contributed by atoms with Gasteiger partial charge < -0.3 is 10.6 Å². The molecule has 0 radical (unpaired) electrons. The Balaban J connectivity index is 1.87. The van der Waals surface area contributed by atoms with E-state index in [1.54, 1.807) is 0 Å². The van der Waals surface area contributed by atoms with Crippen LogP contribution in [0.25, 0.3) is 0 Å². The maximum absolute atomic E-state index is 4.28. The van der Waals surface area contributed by atoms with E-state index in [0.29, 0.717) is 0 Å². The van der Waals surface area contributed by atoms with Crippen molar-refractivity contribution in [3.05, 3.63) is 12.3 Å². The maximum atomic E-state index is 4.28. The lowest BCUT2D eigenvalue weighted by Crippen LogP contribution is -2.42. The summed E-state index contributed by atoms with van der Waals surface area (Å²) in [4.78, 5) is 0. The molecule has 4 nitrogen and oxygen atoms in total. The van der Waals surface area contributed by atoms with Crippen LogP contribution in [0, 0.1) is 0 Å². The number of hydrogen-bond acceptors (Lipinski definition) is 3. The first-order valence-corrected chi connectivity index (χ1v) is 5.17. The van der Waals surface area contributed by atoms with Gasteiger partial charge in [0.25, 0.3) is 0 Å². The summed E-state index contributed by atoms with van der Waals surface area (Å²) in [5.41, 5.74) is 0.248. The Hall–Kier alpha value is -1.03. The lowest BCUT2D eigenvalue weighted by molar-refractivity contribution is 0.438. The molecule has 1 aliphatic rings. The van der Waals surface area contributed by atoms with Crippen molar-refractivity contribution in [3.8, 4) is 0 Å². The number of hydrogen-bond donors (Lipinski definition) is 2. The smallest absolute Gasteiger partial charge is 0.148 e. The number of aromatic nitrogens is 2. The van der Waals surface area contributed by atoms with Crippen LogP contribution in [0.2, 0.25) is 0 Å². The standard InChI is InChI=1S/C10H18N4/c1-10(5-3-6-12-10)8-11-9-4-7-14(2)13-9/h4,7,12H,3,5-6,8H2,1-2H3,(H,11,13). The van der Waals surface area contributed by atoms with E-state index in [2.05, 4.69) is 22.7 Å². The maximum Gasteiger partial charge on any atom is 0.148 e. The van der Waals surface area contributed by atoms with E-state index in [1.807, 2.05) is 24.0 Å². The van der Waals surface area contributed by atoms with Gasteiger partial charge in [0.2, 0.25) is 0 Å². The van der Waals surface area contributed by atoms with Crippen LogP contribution in [0.3, 0.4) is 0 Å². The molecule has 2 rings (SSSR count). The van der Waals surface area contributed by atoms with Crippen molar-refractivity contribution in [3.63, 3.8) is 0 Å². The summed E-state index contributed by atoms with van der Waals surface area (Å²) in [7, 11) is 1.93. The van der Waals surface area contributed by atoms with E-state index in [4.69, 9.17) is 0 Å². The summed E-state index contributed by atoms with van der Waals surface area (Å²) in [5.74, 6) is 0.961. The van der Waals surface area contributed by atoms with Gasteiger partial charge in [-0.05, 0) is 26.3 Å². The Morgan fingerprint density at radius 1 is 1.71 bits per heavy atom. The fourth-order valence-electron chi connectivity index (χ4n) is 1.90. The second-order valence-electron chi connectivity index (χ2n) is 4.32. The van der Waals surface area contributed by atoms with Crippen molar-refractivity contribution in [2.24, 2.45) is 7.05 Å². The van der Waals surface area contributed by atoms with Crippen LogP contribution in [-0.2, 0) is 7.05 Å². The highest BCUT2D eigenvalue weighted by Crippen LogP contribution is 2.18. The van der Waals surface area contributed by atoms with Crippen LogP contribution in [0.15, 0.2) is 12.3 Å². The fraction of sp³-hybridized carbons (Fsp3) is 0.700. The lowest BCUT2D eigenvalue weighted by atomic mass is 10.0. The van der Waals surface area contributed by atoms with Gasteiger partial charge in [-0.3, -0.25) is 4.68 Å². The van der Waals surface area contributed by atoms with Gasteiger partial charge in [-0.15, -0.1) is 0 Å². The number of nitrogens with one attached hydrogen (secondary N) is 2. The Morgan fingerprint density at radius 3 is 3.14 bits per heavy atom. The van der Waals surface area contributed by atoms with Crippen LogP contribution in [0.1, 0.15) is 19.8 Å². The minimum absolute atomic E-state index is 0.248. The number of rotatable bonds is 3. The molecule has 4 heteroatoms. The van der Waals surface area contributed by atoms with Gasteiger partial charge in [0.05, 0.1) is 0 Å². The van der Waals surface area contributed by atoms with E-state index < -0.39 is 0 Å². The van der Waals surface area contributed by atoms with Crippen LogP contribution < -0.4 is 10.6 Å². The summed E-state index contributed by atoms with van der Waals surface area (Å²) in [6, 6.07) is 2.00. The van der Waals surface area contributed by atoms with Crippen LogP contribution in [0.5, 0.6) is 0 Å². The molecule has 0 aliphatic carbocycles. The van der Waals surface area contributed by atoms with Crippen molar-refractivity contribution < 1.29 is 0 Å². The van der Waals surface area contributed by atoms with Gasteiger partial charge in [0.15, 0.2) is 0 Å². The number of nitrogens with zero attached hydrogens (tertiary/aromatic N) is 2. The molecule has 1 unspecified atom stereocenters. The van der Waals surface area contributed by atoms with E-state index in [9.17, 15) is 0 Å². The van der Waals surface area contributed by atoms with Crippen molar-refractivity contribution in [1.82, 2.24) is 15.1 Å². The van der Waals surface area contributed by atoms with Gasteiger partial charge in [-0.25, -0.2) is 0 Å². The molecule has 0 bridgehead atoms. The van der Waals surface area contributed by atoms with Crippen LogP contribution in [-0.4, -0.2) is 28.4 Å². The van der Waals surface area contributed by atoms with E-state index in [1.165, 1.54) is 12.8 Å². The minimum atomic E-state index is 0.248. The molecular weight excluding hydrogens is 176 g/mol. The Labute approximate surface area is 84.7 Å². The quantitative estimate of drug-likeness (QED) is 0.753. The molecule has 0 aromatic carbocycles. The fourth-order valence-corrected chi connectivity index (χ4v) is 1.90. The summed E-state index contributed by atoms with van der Waals surface area (Å²) >= 11 is 0. The molecular formula is C10H18N4. The predicted octanol–water partition coefficient (Wildman–Crippen LogP) is 0.974. The van der Waals surface area contributed by atoms with Gasteiger partial charge in [-0.1, -0.05) is 0 Å². The average Bonchev–Trinajstić information content (AvgIpc) is 2.73. The molecule has 2 heterocycles. The largest absolute Gasteiger partial charge is 0.367 e. The number of aryl methyl sites for hydroxylation is 1. The van der Waals surface area contributed by atoms with Crippen LogP contribution >= 0.6 is 0 Å². The predicted molar refractivity (Wildman–Crippen MR) is 57.3 cm³/mol. The molecule has 1 aromatic rings. The normalized spacial score (nSPS) is 26.7. The first-order chi connectivity index (χ1) is 6.68. The number of anilines is 1. The average molecular weight is 194 g/mol. The summed E-state index contributed by atoms with van der Waals surface area (Å²) in [6.07, 6.45) is 4.47. The Bertz CT molecular complexity index is 299. The van der Waals surface area contributed by atoms with Crippen molar-refractivity contribution in [1.29, 1.82) is 0 Å². The third-order valence-electron chi connectivity index (χ3n) is 2.83. The van der Waals surface area contributed by atoms with Gasteiger partial charge in [-0.2, -0.15) is 5.10 Å². The second-order valence-corrected chi connectivity index (χ2v) is 4.32. The zero-order valence-corrected chi connectivity index (χ0v) is 8.88. The van der Waals surface area contributed by atoms with Crippen molar-refractivity contribution >= 4 is 5.82 Å². The SMILES string of the molecule is Cn1ccc(NCC2(C)CCCN2)n1. The molecule has 0 saturated carbocycles. The molecule has 1 aliphatic heterocycles. The van der Waals surface area contributed by atoms with Crippen LogP contribution in [0.4, 0.5) is 5.82 Å². The zero-order valence-electron chi connectivity index (χ0n) is 8.88. The molecule has 78 valence electrons. The first-order valence-electron chi connectivity index (χ1n) is 5.17. The summed E-state index contributed by atoms with van der Waals surface area (Å²) < 4.78 is 1.81. The molecule has 0 amide bonds. The monoisotopic (exact) mass is 194 g/mol. The van der Waals surface area contributed by atoms with Gasteiger partial charge in [0.1, 0.15) is 5.82 Å². The topological polar surface area (TPSA) is 41.9 Å². The third kappa shape index (κ3) is 2.07. The Kier molecular flexibility index (Phi) is 2.46. The van der Waals surface area contributed by atoms with E-state index >= 15 is 0 Å². The van der Waals surface area contributed by atoms with Gasteiger partial charge >= 0.3 is 0 Å². The Morgan fingerprint density at radius 2 is 2.57 bits per heavy atom. The van der Waals surface area contributed by atoms with E-state index in [0.717, 1.165) is 18.9 Å². The molecule has 0 spiro atoms. The molecule has 14 heavy (non-hydrogen) atoms. The summed E-state index contributed by atoms with van der Waals surface area (Å²) in [5, 5.41) is 11.1. The molecule has 1 saturated heterocycles. The first kappa shape index (κ1) is 9.52. The third-order valence-corrected chi connectivity index (χ3v) is 2.83. The molecule has 1 aromatic heterocycles. The molecule has 2 N–H and O–H groups in total. The highest BCUT2D eigenvalue weighted by Gasteiger charge is 2.27. The highest BCUT2D eigenvalue weighted by atomic mass is 15.3. The van der Waals surface area contributed by atoms with Gasteiger partial charge in [0, 0.05) is 31.4 Å². The van der Waals surface area contributed by atoms with Crippen molar-refractivity contribution in [2.75, 3.05) is 18.4 Å². The zero-order chi connectivity index (χ0) is 10.0. The van der Waals surface area contributed by atoms with E-state index in [-0.39, 0.29) is 5.54 Å². The highest BCUT2D eigenvalue weighted by molar-refractivity contribution is 5.32. The minimum Gasteiger partial charge on any atom is -0.367 e. The lowest BCUT2D eigenvalue weighted by Gasteiger charge is -2.24.